The third kappa shape index (κ3) is 2.96. The van der Waals surface area contributed by atoms with Crippen molar-refractivity contribution in [2.45, 2.75) is 30.7 Å². The first-order valence-electron chi connectivity index (χ1n) is 6.38. The number of likely N-dealkylation sites (N-methyl/N-ethyl adjacent to an activating group) is 1. The highest BCUT2D eigenvalue weighted by atomic mass is 32.2. The Morgan fingerprint density at radius 3 is 2.84 bits per heavy atom. The standard InChI is InChI=1S/C13H19FN2O2S/c1-10-5-6-12(14)13(8-10)19(17,18)16-7-3-4-11(9-16)15-2/h5-6,8,11,15H,3-4,7,9H2,1-2H3/t11-/m0/s1. The summed E-state index contributed by atoms with van der Waals surface area (Å²) in [7, 11) is -1.93. The first-order valence-corrected chi connectivity index (χ1v) is 7.82. The van der Waals surface area contributed by atoms with Crippen LogP contribution in [0.25, 0.3) is 0 Å². The van der Waals surface area contributed by atoms with Gasteiger partial charge in [-0.15, -0.1) is 0 Å². The molecule has 106 valence electrons. The van der Waals surface area contributed by atoms with E-state index in [1.54, 1.807) is 13.0 Å². The number of benzene rings is 1. The van der Waals surface area contributed by atoms with Crippen molar-refractivity contribution < 1.29 is 12.8 Å². The lowest BCUT2D eigenvalue weighted by Gasteiger charge is -2.31. The van der Waals surface area contributed by atoms with Crippen molar-refractivity contribution in [3.63, 3.8) is 0 Å². The van der Waals surface area contributed by atoms with E-state index in [9.17, 15) is 12.8 Å². The second-order valence-electron chi connectivity index (χ2n) is 4.92. The van der Waals surface area contributed by atoms with Crippen LogP contribution in [0.1, 0.15) is 18.4 Å². The molecule has 0 amide bonds. The van der Waals surface area contributed by atoms with Crippen LogP contribution in [0.5, 0.6) is 0 Å². The molecule has 1 aliphatic heterocycles. The molecule has 19 heavy (non-hydrogen) atoms. The molecule has 1 aromatic rings. The maximum Gasteiger partial charge on any atom is 0.246 e. The van der Waals surface area contributed by atoms with Gasteiger partial charge in [-0.1, -0.05) is 6.07 Å². The normalized spacial score (nSPS) is 21.5. The molecular weight excluding hydrogens is 267 g/mol. The van der Waals surface area contributed by atoms with Crippen molar-refractivity contribution in [2.24, 2.45) is 0 Å². The zero-order valence-electron chi connectivity index (χ0n) is 11.2. The van der Waals surface area contributed by atoms with Gasteiger partial charge in [0.15, 0.2) is 0 Å². The Hall–Kier alpha value is -0.980. The molecule has 1 fully saturated rings. The van der Waals surface area contributed by atoms with E-state index in [0.29, 0.717) is 13.1 Å². The highest BCUT2D eigenvalue weighted by Gasteiger charge is 2.31. The van der Waals surface area contributed by atoms with Crippen LogP contribution in [0.15, 0.2) is 23.1 Å². The molecule has 0 aliphatic carbocycles. The third-order valence-electron chi connectivity index (χ3n) is 3.50. The van der Waals surface area contributed by atoms with Gasteiger partial charge in [0, 0.05) is 19.1 Å². The molecule has 1 atom stereocenters. The molecule has 6 heteroatoms. The first-order chi connectivity index (χ1) is 8.95. The molecule has 1 aromatic carbocycles. The maximum atomic E-state index is 13.8. The lowest BCUT2D eigenvalue weighted by Crippen LogP contribution is -2.47. The van der Waals surface area contributed by atoms with Crippen LogP contribution in [-0.2, 0) is 10.0 Å². The Labute approximate surface area is 113 Å². The summed E-state index contributed by atoms with van der Waals surface area (Å²) in [5.74, 6) is -0.683. The van der Waals surface area contributed by atoms with Crippen molar-refractivity contribution in [3.05, 3.63) is 29.6 Å². The Balaban J connectivity index is 2.34. The van der Waals surface area contributed by atoms with E-state index in [1.807, 2.05) is 7.05 Å². The number of sulfonamides is 1. The quantitative estimate of drug-likeness (QED) is 0.916. The predicted octanol–water partition coefficient (Wildman–Crippen LogP) is 1.51. The lowest BCUT2D eigenvalue weighted by molar-refractivity contribution is 0.292. The second-order valence-corrected chi connectivity index (χ2v) is 6.83. The summed E-state index contributed by atoms with van der Waals surface area (Å²) < 4.78 is 40.1. The smallest absolute Gasteiger partial charge is 0.246 e. The molecule has 0 radical (unpaired) electrons. The summed E-state index contributed by atoms with van der Waals surface area (Å²) in [5.41, 5.74) is 0.738. The van der Waals surface area contributed by atoms with Gasteiger partial charge in [0.1, 0.15) is 10.7 Å². The van der Waals surface area contributed by atoms with Gasteiger partial charge >= 0.3 is 0 Å². The fourth-order valence-electron chi connectivity index (χ4n) is 2.34. The van der Waals surface area contributed by atoms with Crippen LogP contribution in [0.4, 0.5) is 4.39 Å². The molecule has 0 aromatic heterocycles. The van der Waals surface area contributed by atoms with Crippen LogP contribution in [0.3, 0.4) is 0 Å². The van der Waals surface area contributed by atoms with Gasteiger partial charge in [-0.2, -0.15) is 4.31 Å². The lowest BCUT2D eigenvalue weighted by atomic mass is 10.1. The van der Waals surface area contributed by atoms with E-state index < -0.39 is 15.8 Å². The maximum absolute atomic E-state index is 13.8. The molecule has 1 N–H and O–H groups in total. The van der Waals surface area contributed by atoms with E-state index >= 15 is 0 Å². The van der Waals surface area contributed by atoms with Crippen LogP contribution in [-0.4, -0.2) is 38.9 Å². The van der Waals surface area contributed by atoms with E-state index in [1.165, 1.54) is 16.4 Å². The van der Waals surface area contributed by atoms with Gasteiger partial charge < -0.3 is 5.32 Å². The highest BCUT2D eigenvalue weighted by molar-refractivity contribution is 7.89. The van der Waals surface area contributed by atoms with Crippen LogP contribution < -0.4 is 5.32 Å². The van der Waals surface area contributed by atoms with Crippen LogP contribution in [0, 0.1) is 12.7 Å². The van der Waals surface area contributed by atoms with Crippen molar-refractivity contribution >= 4 is 10.0 Å². The van der Waals surface area contributed by atoms with E-state index in [2.05, 4.69) is 5.32 Å². The van der Waals surface area contributed by atoms with Gasteiger partial charge in [-0.05, 0) is 44.5 Å². The van der Waals surface area contributed by atoms with Crippen LogP contribution >= 0.6 is 0 Å². The number of aryl methyl sites for hydroxylation is 1. The predicted molar refractivity (Wildman–Crippen MR) is 72.0 cm³/mol. The molecule has 1 saturated heterocycles. The number of nitrogens with zero attached hydrogens (tertiary/aromatic N) is 1. The number of rotatable bonds is 3. The SMILES string of the molecule is CN[C@H]1CCCN(S(=O)(=O)c2cc(C)ccc2F)C1. The summed E-state index contributed by atoms with van der Waals surface area (Å²) in [6.45, 7) is 2.60. The molecule has 0 unspecified atom stereocenters. The Morgan fingerprint density at radius 1 is 1.42 bits per heavy atom. The topological polar surface area (TPSA) is 49.4 Å². The van der Waals surface area contributed by atoms with Gasteiger partial charge in [0.2, 0.25) is 10.0 Å². The van der Waals surface area contributed by atoms with E-state index in [0.717, 1.165) is 18.4 Å². The Kier molecular flexibility index (Phi) is 4.23. The van der Waals surface area contributed by atoms with Crippen molar-refractivity contribution in [3.8, 4) is 0 Å². The van der Waals surface area contributed by atoms with Crippen molar-refractivity contribution in [1.82, 2.24) is 9.62 Å². The summed E-state index contributed by atoms with van der Waals surface area (Å²) >= 11 is 0. The summed E-state index contributed by atoms with van der Waals surface area (Å²) in [4.78, 5) is -0.218. The summed E-state index contributed by atoms with van der Waals surface area (Å²) in [6.07, 6.45) is 1.73. The monoisotopic (exact) mass is 286 g/mol. The summed E-state index contributed by atoms with van der Waals surface area (Å²) in [6, 6.07) is 4.31. The molecule has 1 heterocycles. The zero-order chi connectivity index (χ0) is 14.0. The number of hydrogen-bond donors (Lipinski definition) is 1. The largest absolute Gasteiger partial charge is 0.316 e. The molecule has 2 rings (SSSR count). The average molecular weight is 286 g/mol. The fraction of sp³-hybridized carbons (Fsp3) is 0.538. The van der Waals surface area contributed by atoms with Gasteiger partial charge in [0.25, 0.3) is 0 Å². The minimum absolute atomic E-state index is 0.136. The van der Waals surface area contributed by atoms with E-state index in [-0.39, 0.29) is 10.9 Å². The molecule has 0 spiro atoms. The number of halogens is 1. The summed E-state index contributed by atoms with van der Waals surface area (Å²) in [5, 5.41) is 3.08. The molecular formula is C13H19FN2O2S. The van der Waals surface area contributed by atoms with Gasteiger partial charge in [-0.25, -0.2) is 12.8 Å². The molecule has 0 bridgehead atoms. The van der Waals surface area contributed by atoms with E-state index in [4.69, 9.17) is 0 Å². The second kappa shape index (κ2) is 5.56. The van der Waals surface area contributed by atoms with Crippen LogP contribution in [0.2, 0.25) is 0 Å². The number of hydrogen-bond acceptors (Lipinski definition) is 3. The first kappa shape index (κ1) is 14.4. The molecule has 0 saturated carbocycles. The Bertz CT molecular complexity index is 560. The minimum atomic E-state index is -3.74. The number of piperidine rings is 1. The number of nitrogens with one attached hydrogen (secondary N) is 1. The Morgan fingerprint density at radius 2 is 2.16 bits per heavy atom. The van der Waals surface area contributed by atoms with Crippen molar-refractivity contribution in [1.29, 1.82) is 0 Å². The van der Waals surface area contributed by atoms with Gasteiger partial charge in [0.05, 0.1) is 0 Å². The average Bonchev–Trinajstić information content (AvgIpc) is 2.41. The van der Waals surface area contributed by atoms with Gasteiger partial charge in [-0.3, -0.25) is 0 Å². The third-order valence-corrected chi connectivity index (χ3v) is 5.38. The minimum Gasteiger partial charge on any atom is -0.316 e. The fourth-order valence-corrected chi connectivity index (χ4v) is 4.02. The highest BCUT2D eigenvalue weighted by Crippen LogP contribution is 2.23. The zero-order valence-corrected chi connectivity index (χ0v) is 12.0. The molecule has 1 aliphatic rings. The molecule has 4 nitrogen and oxygen atoms in total. The van der Waals surface area contributed by atoms with Crippen molar-refractivity contribution in [2.75, 3.05) is 20.1 Å².